The zero-order valence-electron chi connectivity index (χ0n) is 9.99. The van der Waals surface area contributed by atoms with Crippen molar-refractivity contribution in [3.8, 4) is 0 Å². The minimum Gasteiger partial charge on any atom is -0.394 e. The Morgan fingerprint density at radius 2 is 2.20 bits per heavy atom. The molecule has 0 unspecified atom stereocenters. The van der Waals surface area contributed by atoms with Gasteiger partial charge in [-0.3, -0.25) is 4.79 Å². The van der Waals surface area contributed by atoms with Gasteiger partial charge in [0.2, 0.25) is 11.9 Å². The summed E-state index contributed by atoms with van der Waals surface area (Å²) in [6.07, 6.45) is -4.51. The Hall–Kier alpha value is -2.08. The second-order valence-electron chi connectivity index (χ2n) is 4.17. The highest BCUT2D eigenvalue weighted by Gasteiger charge is 2.48. The smallest absolute Gasteiger partial charge is 0.358 e. The van der Waals surface area contributed by atoms with E-state index in [1.807, 2.05) is 0 Å². The van der Waals surface area contributed by atoms with E-state index in [9.17, 15) is 25.1 Å². The quantitative estimate of drug-likeness (QED) is 0.347. The Bertz CT molecular complexity index is 544. The van der Waals surface area contributed by atoms with Crippen molar-refractivity contribution in [2.24, 2.45) is 5.73 Å². The fourth-order valence-electron chi connectivity index (χ4n) is 2.01. The molecule has 1 amide bonds. The number of hydrogen-bond donors (Lipinski definition) is 4. The zero-order chi connectivity index (χ0) is 15.0. The van der Waals surface area contributed by atoms with Gasteiger partial charge in [0.05, 0.1) is 6.61 Å². The second-order valence-corrected chi connectivity index (χ2v) is 4.17. The van der Waals surface area contributed by atoms with Gasteiger partial charge in [0.15, 0.2) is 6.33 Å². The molecule has 1 aliphatic rings. The maximum Gasteiger partial charge on any atom is 0.358 e. The molecular weight excluding hydrogens is 276 g/mol. The Balaban J connectivity index is 2.44. The van der Waals surface area contributed by atoms with Gasteiger partial charge in [-0.15, -0.1) is 0 Å². The molecule has 11 heteroatoms. The van der Waals surface area contributed by atoms with E-state index in [4.69, 9.17) is 15.6 Å². The molecule has 110 valence electrons. The van der Waals surface area contributed by atoms with Crippen LogP contribution in [0.4, 0.5) is 5.82 Å². The number of carbonyl (C=O) groups is 1. The third-order valence-corrected chi connectivity index (χ3v) is 2.97. The number of aliphatic hydroxyl groups is 3. The molecule has 0 saturated carbocycles. The van der Waals surface area contributed by atoms with E-state index < -0.39 is 53.5 Å². The predicted molar refractivity (Wildman–Crippen MR) is 60.4 cm³/mol. The number of primary amides is 1. The van der Waals surface area contributed by atoms with Gasteiger partial charge in [-0.05, 0) is 4.92 Å². The lowest BCUT2D eigenvalue weighted by atomic mass is 10.1. The molecule has 0 bridgehead atoms. The lowest BCUT2D eigenvalue weighted by molar-refractivity contribution is -0.394. The Labute approximate surface area is 111 Å². The van der Waals surface area contributed by atoms with E-state index in [0.717, 1.165) is 10.9 Å². The van der Waals surface area contributed by atoms with Gasteiger partial charge in [-0.1, -0.05) is 0 Å². The standard InChI is InChI=1S/C9H12N4O7/c10-7(17)4-8(13(18)19)12(2-11-4)9-6(16)5(15)3(1-14)20-9/h2-3,5-6,9,14-16H,1H2,(H2,10,17)/t3-,5-,6-,9-/m1/s1. The van der Waals surface area contributed by atoms with Crippen molar-refractivity contribution in [2.75, 3.05) is 6.61 Å². The largest absolute Gasteiger partial charge is 0.394 e. The van der Waals surface area contributed by atoms with Crippen molar-refractivity contribution in [3.05, 3.63) is 22.1 Å². The van der Waals surface area contributed by atoms with E-state index in [1.165, 1.54) is 0 Å². The van der Waals surface area contributed by atoms with Crippen LogP contribution in [-0.4, -0.2) is 60.6 Å². The summed E-state index contributed by atoms with van der Waals surface area (Å²) in [6, 6.07) is 0. The van der Waals surface area contributed by atoms with Crippen LogP contribution in [0.2, 0.25) is 0 Å². The SMILES string of the molecule is NC(=O)c1ncn([C@@H]2O[C@H](CO)[C@@H](O)[C@H]2O)c1[N+](=O)[O-]. The first-order valence-corrected chi connectivity index (χ1v) is 5.52. The van der Waals surface area contributed by atoms with Crippen molar-refractivity contribution in [1.29, 1.82) is 0 Å². The van der Waals surface area contributed by atoms with Gasteiger partial charge in [0.1, 0.15) is 18.3 Å². The Morgan fingerprint density at radius 1 is 1.55 bits per heavy atom. The normalized spacial score (nSPS) is 29.6. The fraction of sp³-hybridized carbons (Fsp3) is 0.556. The van der Waals surface area contributed by atoms with E-state index in [0.29, 0.717) is 0 Å². The van der Waals surface area contributed by atoms with Crippen molar-refractivity contribution < 1.29 is 29.8 Å². The number of aliphatic hydroxyl groups excluding tert-OH is 3. The Morgan fingerprint density at radius 3 is 2.65 bits per heavy atom. The van der Waals surface area contributed by atoms with E-state index >= 15 is 0 Å². The minimum atomic E-state index is -1.53. The maximum atomic E-state index is 11.1. The highest BCUT2D eigenvalue weighted by molar-refractivity contribution is 5.94. The summed E-state index contributed by atoms with van der Waals surface area (Å²) in [5.41, 5.74) is 4.38. The number of nitrogens with zero attached hydrogens (tertiary/aromatic N) is 3. The minimum absolute atomic E-state index is 0.583. The second kappa shape index (κ2) is 5.13. The number of rotatable bonds is 4. The molecule has 0 spiro atoms. The van der Waals surface area contributed by atoms with Gasteiger partial charge >= 0.3 is 5.82 Å². The monoisotopic (exact) mass is 288 g/mol. The number of aromatic nitrogens is 2. The molecule has 1 saturated heterocycles. The highest BCUT2D eigenvalue weighted by atomic mass is 16.6. The number of carbonyl (C=O) groups excluding carboxylic acids is 1. The van der Waals surface area contributed by atoms with Crippen LogP contribution in [0.1, 0.15) is 16.7 Å². The number of amides is 1. The first kappa shape index (κ1) is 14.3. The van der Waals surface area contributed by atoms with Crippen LogP contribution < -0.4 is 5.73 Å². The number of nitro groups is 1. The van der Waals surface area contributed by atoms with Gasteiger partial charge in [-0.2, -0.15) is 4.57 Å². The molecular formula is C9H12N4O7. The molecule has 1 aromatic rings. The summed E-state index contributed by atoms with van der Waals surface area (Å²) in [6.45, 7) is -0.583. The summed E-state index contributed by atoms with van der Waals surface area (Å²) in [4.78, 5) is 24.7. The lowest BCUT2D eigenvalue weighted by Crippen LogP contribution is -2.33. The average Bonchev–Trinajstić information content (AvgIpc) is 2.93. The van der Waals surface area contributed by atoms with Crippen LogP contribution in [0.3, 0.4) is 0 Å². The number of hydrogen-bond acceptors (Lipinski definition) is 8. The molecule has 1 fully saturated rings. The van der Waals surface area contributed by atoms with Crippen LogP contribution >= 0.6 is 0 Å². The van der Waals surface area contributed by atoms with Crippen molar-refractivity contribution in [1.82, 2.24) is 9.55 Å². The summed E-state index contributed by atoms with van der Waals surface area (Å²) < 4.78 is 5.90. The average molecular weight is 288 g/mol. The van der Waals surface area contributed by atoms with Crippen LogP contribution in [0.15, 0.2) is 6.33 Å². The first-order chi connectivity index (χ1) is 9.38. The number of nitrogens with two attached hydrogens (primary N) is 1. The van der Waals surface area contributed by atoms with Gasteiger partial charge in [-0.25, -0.2) is 4.98 Å². The lowest BCUT2D eigenvalue weighted by Gasteiger charge is -2.12. The molecule has 1 aliphatic heterocycles. The summed E-state index contributed by atoms with van der Waals surface area (Å²) >= 11 is 0. The van der Waals surface area contributed by atoms with Gasteiger partial charge in [0, 0.05) is 0 Å². The van der Waals surface area contributed by atoms with Crippen molar-refractivity contribution in [2.45, 2.75) is 24.5 Å². The molecule has 0 aromatic carbocycles. The molecule has 5 N–H and O–H groups in total. The van der Waals surface area contributed by atoms with Gasteiger partial charge < -0.3 is 35.9 Å². The van der Waals surface area contributed by atoms with Crippen LogP contribution in [-0.2, 0) is 4.74 Å². The van der Waals surface area contributed by atoms with E-state index in [2.05, 4.69) is 4.98 Å². The molecule has 2 rings (SSSR count). The van der Waals surface area contributed by atoms with E-state index in [1.54, 1.807) is 0 Å². The van der Waals surface area contributed by atoms with Crippen molar-refractivity contribution in [3.63, 3.8) is 0 Å². The first-order valence-electron chi connectivity index (χ1n) is 5.52. The van der Waals surface area contributed by atoms with Crippen molar-refractivity contribution >= 4 is 11.7 Å². The topological polar surface area (TPSA) is 174 Å². The fourth-order valence-corrected chi connectivity index (χ4v) is 2.01. The molecule has 2 heterocycles. The van der Waals surface area contributed by atoms with Crippen LogP contribution in [0.5, 0.6) is 0 Å². The number of ether oxygens (including phenoxy) is 1. The summed E-state index contributed by atoms with van der Waals surface area (Å²) in [5.74, 6) is -1.87. The van der Waals surface area contributed by atoms with E-state index in [-0.39, 0.29) is 0 Å². The third kappa shape index (κ3) is 2.12. The molecule has 11 nitrogen and oxygen atoms in total. The summed E-state index contributed by atoms with van der Waals surface area (Å²) in [5, 5.41) is 39.4. The number of imidazole rings is 1. The zero-order valence-corrected chi connectivity index (χ0v) is 9.99. The molecule has 0 aliphatic carbocycles. The molecule has 4 atom stereocenters. The van der Waals surface area contributed by atoms with Gasteiger partial charge in [0.25, 0.3) is 5.91 Å². The molecule has 1 aromatic heterocycles. The maximum absolute atomic E-state index is 11.1. The highest BCUT2D eigenvalue weighted by Crippen LogP contribution is 2.33. The Kier molecular flexibility index (Phi) is 3.67. The predicted octanol–water partition coefficient (Wildman–Crippen LogP) is -2.50. The van der Waals surface area contributed by atoms with Crippen LogP contribution in [0, 0.1) is 10.1 Å². The summed E-state index contributed by atoms with van der Waals surface area (Å²) in [7, 11) is 0. The third-order valence-electron chi connectivity index (χ3n) is 2.97. The van der Waals surface area contributed by atoms with Crippen LogP contribution in [0.25, 0.3) is 0 Å². The molecule has 20 heavy (non-hydrogen) atoms. The molecule has 0 radical (unpaired) electrons.